The lowest BCUT2D eigenvalue weighted by Crippen LogP contribution is -2.46. The number of aromatic nitrogens is 4. The van der Waals surface area contributed by atoms with Crippen LogP contribution in [0.1, 0.15) is 34.6 Å². The lowest BCUT2D eigenvalue weighted by atomic mass is 10.0. The number of carbonyl (C=O) groups is 1. The number of fused-ring (bicyclic) bond motifs is 2. The van der Waals surface area contributed by atoms with E-state index in [1.54, 1.807) is 54.7 Å². The highest BCUT2D eigenvalue weighted by Gasteiger charge is 2.34. The zero-order valence-corrected chi connectivity index (χ0v) is 28.8. The van der Waals surface area contributed by atoms with Crippen molar-refractivity contribution in [2.24, 2.45) is 0 Å². The maximum absolute atomic E-state index is 14.0. The second kappa shape index (κ2) is 14.2. The number of piperidine rings is 1. The van der Waals surface area contributed by atoms with E-state index >= 15 is 0 Å². The number of esters is 1. The fourth-order valence-corrected chi connectivity index (χ4v) is 7.52. The molecule has 50 heavy (non-hydrogen) atoms. The normalized spacial score (nSPS) is 14.2. The topological polar surface area (TPSA) is 126 Å². The number of nitriles is 1. The van der Waals surface area contributed by atoms with Crippen LogP contribution in [0.15, 0.2) is 46.8 Å². The van der Waals surface area contributed by atoms with Gasteiger partial charge >= 0.3 is 12.1 Å². The minimum absolute atomic E-state index is 0.0545. The number of benzene rings is 1. The molecule has 1 aromatic carbocycles. The van der Waals surface area contributed by atoms with Gasteiger partial charge in [-0.3, -0.25) is 19.2 Å². The van der Waals surface area contributed by atoms with Gasteiger partial charge in [0.05, 0.1) is 53.1 Å². The van der Waals surface area contributed by atoms with Gasteiger partial charge in [-0.25, -0.2) is 14.8 Å². The Morgan fingerprint density at radius 1 is 1.20 bits per heavy atom. The number of thiophene rings is 1. The van der Waals surface area contributed by atoms with Gasteiger partial charge in [0.1, 0.15) is 35.6 Å². The molecule has 0 bridgehead atoms. The molecule has 1 aliphatic heterocycles. The van der Waals surface area contributed by atoms with Crippen LogP contribution in [0, 0.1) is 18.3 Å². The van der Waals surface area contributed by atoms with Crippen LogP contribution >= 0.6 is 22.9 Å². The third-order valence-corrected chi connectivity index (χ3v) is 10.0. The molecule has 0 N–H and O–H groups in total. The van der Waals surface area contributed by atoms with Crippen LogP contribution in [-0.4, -0.2) is 83.0 Å². The molecule has 4 aromatic heterocycles. The van der Waals surface area contributed by atoms with Gasteiger partial charge in [0, 0.05) is 53.9 Å². The van der Waals surface area contributed by atoms with E-state index in [9.17, 15) is 28.0 Å². The van der Waals surface area contributed by atoms with Gasteiger partial charge in [-0.2, -0.15) is 18.4 Å². The molecule has 1 fully saturated rings. The maximum atomic E-state index is 14.0. The van der Waals surface area contributed by atoms with E-state index in [1.165, 1.54) is 34.1 Å². The highest BCUT2D eigenvalue weighted by molar-refractivity contribution is 7.18. The van der Waals surface area contributed by atoms with Crippen LogP contribution in [0.4, 0.5) is 19.0 Å². The van der Waals surface area contributed by atoms with E-state index in [4.69, 9.17) is 21.1 Å². The summed E-state index contributed by atoms with van der Waals surface area (Å²) in [6.45, 7) is 1.38. The van der Waals surface area contributed by atoms with Crippen molar-refractivity contribution in [3.63, 3.8) is 0 Å². The predicted molar refractivity (Wildman–Crippen MR) is 184 cm³/mol. The Hall–Kier alpha value is -4.78. The smallest absolute Gasteiger partial charge is 0.401 e. The number of anilines is 1. The van der Waals surface area contributed by atoms with Crippen molar-refractivity contribution in [3.05, 3.63) is 74.4 Å². The molecule has 1 aliphatic rings. The fraction of sp³-hybridized carbons (Fsp3) is 0.353. The number of rotatable bonds is 9. The van der Waals surface area contributed by atoms with Crippen LogP contribution in [0.3, 0.4) is 0 Å². The number of methoxy groups -OCH3 is 1. The number of halogens is 4. The van der Waals surface area contributed by atoms with Gasteiger partial charge in [-0.15, -0.1) is 11.3 Å². The Balaban J connectivity index is 1.26. The molecule has 0 unspecified atom stereocenters. The molecule has 260 valence electrons. The Morgan fingerprint density at radius 2 is 1.96 bits per heavy atom. The summed E-state index contributed by atoms with van der Waals surface area (Å²) in [6.07, 6.45) is -0.340. The fourth-order valence-electron chi connectivity index (χ4n) is 6.32. The van der Waals surface area contributed by atoms with Gasteiger partial charge in [0.15, 0.2) is 0 Å². The van der Waals surface area contributed by atoms with Crippen molar-refractivity contribution in [3.8, 4) is 22.9 Å². The third-order valence-electron chi connectivity index (χ3n) is 8.79. The third kappa shape index (κ3) is 6.96. The van der Waals surface area contributed by atoms with E-state index in [0.29, 0.717) is 46.1 Å². The molecule has 5 heterocycles. The van der Waals surface area contributed by atoms with Gasteiger partial charge < -0.3 is 14.4 Å². The zero-order chi connectivity index (χ0) is 35.7. The van der Waals surface area contributed by atoms with E-state index in [-0.39, 0.29) is 54.6 Å². The monoisotopic (exact) mass is 725 g/mol. The van der Waals surface area contributed by atoms with E-state index in [1.807, 2.05) is 0 Å². The Morgan fingerprint density at radius 3 is 2.66 bits per heavy atom. The van der Waals surface area contributed by atoms with Crippen molar-refractivity contribution in [2.45, 2.75) is 38.5 Å². The molecule has 16 heteroatoms. The second-order valence-corrected chi connectivity index (χ2v) is 13.2. The number of nitrogens with zero attached hydrogens (tertiary/aromatic N) is 7. The summed E-state index contributed by atoms with van der Waals surface area (Å²) >= 11 is 7.74. The molecular formula is C34H31ClF3N7O4S. The predicted octanol–water partition coefficient (Wildman–Crippen LogP) is 6.23. The Labute approximate surface area is 293 Å². The van der Waals surface area contributed by atoms with Crippen molar-refractivity contribution in [1.29, 1.82) is 5.26 Å². The van der Waals surface area contributed by atoms with Crippen LogP contribution in [0.25, 0.3) is 32.2 Å². The first-order chi connectivity index (χ1) is 23.9. The summed E-state index contributed by atoms with van der Waals surface area (Å²) in [6, 6.07) is 8.94. The SMILES string of the molecule is COC(=O)c1csc2c(-c3cc(Cl)ccc3OCCn3c(C)nc4cnc(N(C)C5CCN(CC(F)(F)F)CC5)c(C#N)c4c3=O)ccnc12. The molecule has 6 rings (SSSR count). The van der Waals surface area contributed by atoms with Crippen LogP contribution < -0.4 is 15.2 Å². The largest absolute Gasteiger partial charge is 0.491 e. The summed E-state index contributed by atoms with van der Waals surface area (Å²) < 4.78 is 52.0. The number of hydrogen-bond donors (Lipinski definition) is 0. The molecule has 5 aromatic rings. The van der Waals surface area contributed by atoms with Crippen molar-refractivity contribution < 1.29 is 27.4 Å². The first kappa shape index (κ1) is 35.1. The lowest BCUT2D eigenvalue weighted by molar-refractivity contribution is -0.147. The van der Waals surface area contributed by atoms with Gasteiger partial charge in [-0.05, 0) is 44.0 Å². The van der Waals surface area contributed by atoms with Gasteiger partial charge in [0.25, 0.3) is 5.56 Å². The zero-order valence-electron chi connectivity index (χ0n) is 27.3. The molecule has 0 radical (unpaired) electrons. The molecule has 0 saturated carbocycles. The highest BCUT2D eigenvalue weighted by atomic mass is 35.5. The summed E-state index contributed by atoms with van der Waals surface area (Å²) in [5.41, 5.74) is 2.15. The summed E-state index contributed by atoms with van der Waals surface area (Å²) in [4.78, 5) is 42.8. The van der Waals surface area contributed by atoms with Gasteiger partial charge in [0.2, 0.25) is 0 Å². The lowest BCUT2D eigenvalue weighted by Gasteiger charge is -2.37. The minimum atomic E-state index is -4.27. The minimum Gasteiger partial charge on any atom is -0.491 e. The molecule has 11 nitrogen and oxygen atoms in total. The summed E-state index contributed by atoms with van der Waals surface area (Å²) in [5, 5.41) is 12.5. The number of carbonyl (C=O) groups excluding carboxylic acids is 1. The standard InChI is InChI=1S/C34H31ClF3N7O4S/c1-19-42-26-16-41-31(43(2)21-7-10-44(11-8-21)18-34(36,37)38)24(15-39)28(26)32(46)45(19)12-13-49-27-5-4-20(35)14-23(27)22-6-9-40-29-25(33(47)48-3)17-50-30(22)29/h4-6,9,14,16-17,21H,7-8,10-13,18H2,1-3H3. The first-order valence-electron chi connectivity index (χ1n) is 15.6. The van der Waals surface area contributed by atoms with Crippen LogP contribution in [-0.2, 0) is 11.3 Å². The van der Waals surface area contributed by atoms with E-state index in [0.717, 1.165) is 10.3 Å². The summed E-state index contributed by atoms with van der Waals surface area (Å²) in [7, 11) is 3.05. The molecule has 0 atom stereocenters. The van der Waals surface area contributed by atoms with E-state index < -0.39 is 24.2 Å². The molecular weight excluding hydrogens is 695 g/mol. The molecule has 0 aliphatic carbocycles. The first-order valence-corrected chi connectivity index (χ1v) is 16.8. The number of aryl methyl sites for hydroxylation is 1. The second-order valence-electron chi connectivity index (χ2n) is 11.8. The number of alkyl halides is 3. The average Bonchev–Trinajstić information content (AvgIpc) is 3.53. The number of pyridine rings is 2. The number of hydrogen-bond acceptors (Lipinski definition) is 11. The average molecular weight is 726 g/mol. The van der Waals surface area contributed by atoms with Crippen molar-refractivity contribution >= 4 is 55.8 Å². The van der Waals surface area contributed by atoms with Gasteiger partial charge in [-0.1, -0.05) is 11.6 Å². The molecule has 1 saturated heterocycles. The Bertz CT molecular complexity index is 2190. The van der Waals surface area contributed by atoms with Crippen molar-refractivity contribution in [2.75, 3.05) is 45.3 Å². The number of likely N-dealkylation sites (tertiary alicyclic amines) is 1. The quantitative estimate of drug-likeness (QED) is 0.162. The van der Waals surface area contributed by atoms with Crippen LogP contribution in [0.2, 0.25) is 5.02 Å². The van der Waals surface area contributed by atoms with Crippen LogP contribution in [0.5, 0.6) is 5.75 Å². The molecule has 0 spiro atoms. The molecule has 0 amide bonds. The highest BCUT2D eigenvalue weighted by Crippen LogP contribution is 2.40. The number of ether oxygens (including phenoxy) is 2. The van der Waals surface area contributed by atoms with E-state index in [2.05, 4.69) is 21.0 Å². The maximum Gasteiger partial charge on any atom is 0.401 e. The Kier molecular flexibility index (Phi) is 9.97. The summed E-state index contributed by atoms with van der Waals surface area (Å²) in [5.74, 6) is 0.670. The van der Waals surface area contributed by atoms with Crippen molar-refractivity contribution in [1.82, 2.24) is 24.4 Å².